The molecule has 164 valence electrons. The van der Waals surface area contributed by atoms with Gasteiger partial charge >= 0.3 is 0 Å². The average Bonchev–Trinajstić information content (AvgIpc) is 3.33. The Hall–Kier alpha value is -3.39. The Morgan fingerprint density at radius 2 is 1.71 bits per heavy atom. The lowest BCUT2D eigenvalue weighted by Crippen LogP contribution is -2.27. The number of carbonyl (C=O) groups excluding carboxylic acids is 3. The number of benzene rings is 2. The van der Waals surface area contributed by atoms with E-state index < -0.39 is 0 Å². The maximum Gasteiger partial charge on any atom is 0.253 e. The Labute approximate surface area is 182 Å². The highest BCUT2D eigenvalue weighted by Gasteiger charge is 2.19. The van der Waals surface area contributed by atoms with Crippen molar-refractivity contribution < 1.29 is 19.1 Å². The third kappa shape index (κ3) is 6.55. The van der Waals surface area contributed by atoms with Crippen molar-refractivity contribution in [2.75, 3.05) is 50.5 Å². The molecule has 8 heteroatoms. The number of nitrogens with zero attached hydrogens (tertiary/aromatic N) is 1. The number of methoxy groups -OCH3 is 1. The summed E-state index contributed by atoms with van der Waals surface area (Å²) >= 11 is 0. The van der Waals surface area contributed by atoms with Crippen LogP contribution in [0.2, 0.25) is 0 Å². The van der Waals surface area contributed by atoms with Crippen molar-refractivity contribution in [1.29, 1.82) is 0 Å². The normalized spacial score (nSPS) is 13.0. The number of carbonyl (C=O) groups is 3. The quantitative estimate of drug-likeness (QED) is 0.537. The standard InChI is InChI=1S/C23H28N4O4/c1-31-14-11-24-22(29)17-7-9-19(10-8-17)25-16-21(28)26-20-6-4-5-18(15-20)23(30)27-12-2-3-13-27/h4-10,15,25H,2-3,11-14,16H2,1H3,(H,24,29)(H,26,28). The van der Waals surface area contributed by atoms with Crippen LogP contribution in [0.5, 0.6) is 0 Å². The van der Waals surface area contributed by atoms with Gasteiger partial charge in [-0.25, -0.2) is 0 Å². The summed E-state index contributed by atoms with van der Waals surface area (Å²) in [6.07, 6.45) is 2.07. The molecule has 1 aliphatic heterocycles. The lowest BCUT2D eigenvalue weighted by Gasteiger charge is -2.16. The fraction of sp³-hybridized carbons (Fsp3) is 0.348. The van der Waals surface area contributed by atoms with Gasteiger partial charge in [-0.2, -0.15) is 0 Å². The van der Waals surface area contributed by atoms with Crippen molar-refractivity contribution in [2.45, 2.75) is 12.8 Å². The van der Waals surface area contributed by atoms with Gasteiger partial charge in [-0.3, -0.25) is 14.4 Å². The monoisotopic (exact) mass is 424 g/mol. The first-order valence-corrected chi connectivity index (χ1v) is 10.4. The Bertz CT molecular complexity index is 908. The minimum absolute atomic E-state index is 0.00179. The Morgan fingerprint density at radius 1 is 0.968 bits per heavy atom. The lowest BCUT2D eigenvalue weighted by molar-refractivity contribution is -0.114. The SMILES string of the molecule is COCCNC(=O)c1ccc(NCC(=O)Nc2cccc(C(=O)N3CCCC3)c2)cc1. The smallest absolute Gasteiger partial charge is 0.253 e. The minimum Gasteiger partial charge on any atom is -0.383 e. The van der Waals surface area contributed by atoms with Crippen LogP contribution in [0.3, 0.4) is 0 Å². The molecule has 1 aliphatic rings. The van der Waals surface area contributed by atoms with Gasteiger partial charge < -0.3 is 25.6 Å². The molecule has 8 nitrogen and oxygen atoms in total. The van der Waals surface area contributed by atoms with Crippen LogP contribution in [-0.4, -0.2) is 62.5 Å². The number of amides is 3. The lowest BCUT2D eigenvalue weighted by atomic mass is 10.1. The molecule has 1 heterocycles. The molecule has 0 saturated carbocycles. The number of hydrogen-bond acceptors (Lipinski definition) is 5. The second kappa shape index (κ2) is 11.1. The van der Waals surface area contributed by atoms with E-state index in [9.17, 15) is 14.4 Å². The highest BCUT2D eigenvalue weighted by molar-refractivity contribution is 5.98. The molecule has 0 atom stereocenters. The maximum atomic E-state index is 12.5. The zero-order chi connectivity index (χ0) is 22.1. The first-order chi connectivity index (χ1) is 15.1. The molecule has 3 N–H and O–H groups in total. The van der Waals surface area contributed by atoms with Crippen molar-refractivity contribution in [3.05, 3.63) is 59.7 Å². The molecule has 0 unspecified atom stereocenters. The predicted molar refractivity (Wildman–Crippen MR) is 119 cm³/mol. The summed E-state index contributed by atoms with van der Waals surface area (Å²) in [5.74, 6) is -0.407. The summed E-state index contributed by atoms with van der Waals surface area (Å²) in [6.45, 7) is 2.53. The number of likely N-dealkylation sites (tertiary alicyclic amines) is 1. The second-order valence-corrected chi connectivity index (χ2v) is 7.31. The van der Waals surface area contributed by atoms with Crippen LogP contribution >= 0.6 is 0 Å². The zero-order valence-corrected chi connectivity index (χ0v) is 17.6. The van der Waals surface area contributed by atoms with Crippen molar-refractivity contribution in [3.63, 3.8) is 0 Å². The molecule has 0 spiro atoms. The van der Waals surface area contributed by atoms with Gasteiger partial charge in [-0.05, 0) is 55.3 Å². The summed E-state index contributed by atoms with van der Waals surface area (Å²) in [5.41, 5.74) is 2.42. The number of ether oxygens (including phenoxy) is 1. The van der Waals surface area contributed by atoms with Gasteiger partial charge in [0, 0.05) is 49.2 Å². The van der Waals surface area contributed by atoms with E-state index >= 15 is 0 Å². The Kier molecular flexibility index (Phi) is 8.00. The number of anilines is 2. The van der Waals surface area contributed by atoms with Crippen LogP contribution in [0.4, 0.5) is 11.4 Å². The molecule has 0 aliphatic carbocycles. The van der Waals surface area contributed by atoms with Crippen LogP contribution in [0.25, 0.3) is 0 Å². The van der Waals surface area contributed by atoms with Crippen molar-refractivity contribution in [1.82, 2.24) is 10.2 Å². The van der Waals surface area contributed by atoms with Gasteiger partial charge in [0.25, 0.3) is 11.8 Å². The summed E-state index contributed by atoms with van der Waals surface area (Å²) in [6, 6.07) is 13.9. The first kappa shape index (κ1) is 22.3. The van der Waals surface area contributed by atoms with E-state index in [1.54, 1.807) is 55.6 Å². The van der Waals surface area contributed by atoms with Gasteiger partial charge in [0.05, 0.1) is 13.2 Å². The van der Waals surface area contributed by atoms with Crippen LogP contribution in [0, 0.1) is 0 Å². The van der Waals surface area contributed by atoms with Gasteiger partial charge in [0.1, 0.15) is 0 Å². The summed E-state index contributed by atoms with van der Waals surface area (Å²) in [4.78, 5) is 38.6. The molecule has 2 aromatic carbocycles. The topological polar surface area (TPSA) is 99.8 Å². The number of nitrogens with one attached hydrogen (secondary N) is 3. The van der Waals surface area contributed by atoms with Crippen LogP contribution in [0.1, 0.15) is 33.6 Å². The molecule has 0 bridgehead atoms. The van der Waals surface area contributed by atoms with Crippen LogP contribution in [-0.2, 0) is 9.53 Å². The highest BCUT2D eigenvalue weighted by Crippen LogP contribution is 2.16. The summed E-state index contributed by atoms with van der Waals surface area (Å²) < 4.78 is 4.90. The van der Waals surface area contributed by atoms with Gasteiger partial charge in [0.15, 0.2) is 0 Å². The minimum atomic E-state index is -0.229. The summed E-state index contributed by atoms with van der Waals surface area (Å²) in [5, 5.41) is 8.59. The van der Waals surface area contributed by atoms with Crippen molar-refractivity contribution in [2.24, 2.45) is 0 Å². The number of rotatable bonds is 9. The number of hydrogen-bond donors (Lipinski definition) is 3. The van der Waals surface area contributed by atoms with Crippen LogP contribution in [0.15, 0.2) is 48.5 Å². The highest BCUT2D eigenvalue weighted by atomic mass is 16.5. The molecule has 3 amide bonds. The molecule has 2 aromatic rings. The molecular weight excluding hydrogens is 396 g/mol. The first-order valence-electron chi connectivity index (χ1n) is 10.4. The fourth-order valence-electron chi connectivity index (χ4n) is 3.33. The molecule has 0 radical (unpaired) electrons. The van der Waals surface area contributed by atoms with E-state index in [2.05, 4.69) is 16.0 Å². The van der Waals surface area contributed by atoms with E-state index in [0.29, 0.717) is 30.0 Å². The molecular formula is C23H28N4O4. The third-order valence-corrected chi connectivity index (χ3v) is 4.98. The van der Waals surface area contributed by atoms with Crippen LogP contribution < -0.4 is 16.0 Å². The summed E-state index contributed by atoms with van der Waals surface area (Å²) in [7, 11) is 1.58. The van der Waals surface area contributed by atoms with E-state index in [4.69, 9.17) is 4.74 Å². The molecule has 1 saturated heterocycles. The van der Waals surface area contributed by atoms with Gasteiger partial charge in [0.2, 0.25) is 5.91 Å². The molecule has 3 rings (SSSR count). The van der Waals surface area contributed by atoms with Crippen molar-refractivity contribution >= 4 is 29.1 Å². The average molecular weight is 425 g/mol. The van der Waals surface area contributed by atoms with Gasteiger partial charge in [-0.1, -0.05) is 6.07 Å². The zero-order valence-electron chi connectivity index (χ0n) is 17.6. The van der Waals surface area contributed by atoms with Crippen molar-refractivity contribution in [3.8, 4) is 0 Å². The maximum absolute atomic E-state index is 12.5. The van der Waals surface area contributed by atoms with Gasteiger partial charge in [-0.15, -0.1) is 0 Å². The second-order valence-electron chi connectivity index (χ2n) is 7.31. The van der Waals surface area contributed by atoms with E-state index in [1.807, 2.05) is 4.90 Å². The molecule has 0 aromatic heterocycles. The third-order valence-electron chi connectivity index (χ3n) is 4.98. The van der Waals surface area contributed by atoms with E-state index in [1.165, 1.54) is 0 Å². The predicted octanol–water partition coefficient (Wildman–Crippen LogP) is 2.35. The largest absolute Gasteiger partial charge is 0.383 e. The van der Waals surface area contributed by atoms with E-state index in [0.717, 1.165) is 31.6 Å². The Morgan fingerprint density at radius 3 is 2.42 bits per heavy atom. The van der Waals surface area contributed by atoms with E-state index in [-0.39, 0.29) is 24.3 Å². The Balaban J connectivity index is 1.48. The molecule has 1 fully saturated rings. The molecule has 31 heavy (non-hydrogen) atoms. The fourth-order valence-corrected chi connectivity index (χ4v) is 3.33.